The second-order valence-electron chi connectivity index (χ2n) is 13.9. The Kier molecular flexibility index (Phi) is 7.80. The van der Waals surface area contributed by atoms with Gasteiger partial charge in [-0.15, -0.1) is 10.2 Å². The minimum Gasteiger partial charge on any atom is -0.368 e. The van der Waals surface area contributed by atoms with Crippen LogP contribution in [0.4, 0.5) is 18.9 Å². The van der Waals surface area contributed by atoms with Crippen LogP contribution in [0.2, 0.25) is 25.7 Å². The number of rotatable bonds is 12. The van der Waals surface area contributed by atoms with Crippen molar-refractivity contribution in [3.8, 4) is 10.8 Å². The molecule has 2 saturated carbocycles. The van der Waals surface area contributed by atoms with Crippen molar-refractivity contribution in [2.75, 3.05) is 51.5 Å². The zero-order valence-electron chi connectivity index (χ0n) is 29.6. The summed E-state index contributed by atoms with van der Waals surface area (Å²) in [6, 6.07) is 2.38. The molecular formula is C29H40F3N7O5S2Si. The van der Waals surface area contributed by atoms with E-state index in [-0.39, 0.29) is 48.6 Å². The third-order valence-corrected chi connectivity index (χ3v) is 13.6. The lowest BCUT2D eigenvalue weighted by atomic mass is 10.2. The fourth-order valence-corrected chi connectivity index (χ4v) is 8.74. The van der Waals surface area contributed by atoms with Gasteiger partial charge in [0, 0.05) is 59.6 Å². The molecule has 0 unspecified atom stereocenters. The lowest BCUT2D eigenvalue weighted by Crippen LogP contribution is -2.52. The Bertz CT molecular complexity index is 1870. The number of hydrogen-bond acceptors (Lipinski definition) is 10. The Labute approximate surface area is 281 Å². The molecule has 258 valence electrons. The number of nitrogens with zero attached hydrogens (tertiary/aromatic N) is 7. The van der Waals surface area contributed by atoms with Crippen LogP contribution in [-0.2, 0) is 30.5 Å². The molecule has 12 nitrogen and oxygen atoms in total. The van der Waals surface area contributed by atoms with Gasteiger partial charge < -0.3 is 19.3 Å². The molecule has 0 spiro atoms. The van der Waals surface area contributed by atoms with Gasteiger partial charge in [0.2, 0.25) is 15.0 Å². The van der Waals surface area contributed by atoms with Gasteiger partial charge in [0.1, 0.15) is 17.2 Å². The van der Waals surface area contributed by atoms with E-state index in [4.69, 9.17) is 13.6 Å². The van der Waals surface area contributed by atoms with Crippen molar-refractivity contribution in [2.24, 2.45) is 0 Å². The van der Waals surface area contributed by atoms with Gasteiger partial charge in [-0.3, -0.25) is 9.20 Å². The normalized spacial score (nSPS) is 20.7. The lowest BCUT2D eigenvalue weighted by Gasteiger charge is -2.38. The number of sulfonamides is 1. The number of ether oxygens (including phenoxy) is 2. The molecule has 4 heterocycles. The third-order valence-electron chi connectivity index (χ3n) is 9.02. The van der Waals surface area contributed by atoms with Gasteiger partial charge in [-0.25, -0.2) is 13.4 Å². The number of amides is 1. The highest BCUT2D eigenvalue weighted by Crippen LogP contribution is 2.45. The zero-order valence-corrected chi connectivity index (χ0v) is 29.3. The molecule has 0 bridgehead atoms. The number of halogens is 3. The summed E-state index contributed by atoms with van der Waals surface area (Å²) in [6.45, 7) is 9.64. The van der Waals surface area contributed by atoms with E-state index in [1.54, 1.807) is 4.90 Å². The molecule has 3 aromatic heterocycles. The molecule has 0 aromatic carbocycles. The highest BCUT2D eigenvalue weighted by atomic mass is 32.2. The number of piperazine rings is 1. The number of anilines is 1. The zero-order chi connectivity index (χ0) is 36.5. The molecular weight excluding hydrogens is 676 g/mol. The first-order valence-corrected chi connectivity index (χ1v) is 21.4. The first kappa shape index (κ1) is 30.4. The van der Waals surface area contributed by atoms with Crippen LogP contribution in [0.25, 0.3) is 16.3 Å². The summed E-state index contributed by atoms with van der Waals surface area (Å²) in [7, 11) is -8.38. The highest BCUT2D eigenvalue weighted by Gasteiger charge is 2.53. The summed E-state index contributed by atoms with van der Waals surface area (Å²) in [5.74, 6) is -0.409. The van der Waals surface area contributed by atoms with E-state index in [1.807, 2.05) is 11.8 Å². The number of carbonyl (C=O) groups is 1. The van der Waals surface area contributed by atoms with Crippen molar-refractivity contribution in [1.82, 2.24) is 28.8 Å². The quantitative estimate of drug-likeness (QED) is 0.151. The van der Waals surface area contributed by atoms with Crippen molar-refractivity contribution >= 4 is 46.5 Å². The van der Waals surface area contributed by atoms with Crippen LogP contribution in [0.15, 0.2) is 23.4 Å². The first-order chi connectivity index (χ1) is 23.1. The van der Waals surface area contributed by atoms with Crippen LogP contribution in [0.3, 0.4) is 0 Å². The van der Waals surface area contributed by atoms with Crippen LogP contribution >= 0.6 is 11.3 Å². The van der Waals surface area contributed by atoms with Crippen LogP contribution < -0.4 is 4.90 Å². The smallest absolute Gasteiger partial charge is 0.368 e. The van der Waals surface area contributed by atoms with Crippen LogP contribution in [0, 0.1) is 0 Å². The molecule has 0 atom stereocenters. The Morgan fingerprint density at radius 1 is 1.15 bits per heavy atom. The molecule has 6 rings (SSSR count). The monoisotopic (exact) mass is 718 g/mol. The van der Waals surface area contributed by atoms with Gasteiger partial charge in [0.15, 0.2) is 10.8 Å². The van der Waals surface area contributed by atoms with Gasteiger partial charge in [-0.1, -0.05) is 31.0 Å². The maximum atomic E-state index is 14.5. The number of carbonyl (C=O) groups excluding carboxylic acids is 1. The largest absolute Gasteiger partial charge is 0.445 e. The second kappa shape index (κ2) is 12.0. The highest BCUT2D eigenvalue weighted by molar-refractivity contribution is 7.89. The van der Waals surface area contributed by atoms with Crippen molar-refractivity contribution in [1.29, 1.82) is 0 Å². The summed E-state index contributed by atoms with van der Waals surface area (Å²) < 4.78 is 106. The Morgan fingerprint density at radius 3 is 2.43 bits per heavy atom. The summed E-state index contributed by atoms with van der Waals surface area (Å²) in [4.78, 5) is 21.0. The van der Waals surface area contributed by atoms with Crippen LogP contribution in [-0.4, -0.2) is 109 Å². The van der Waals surface area contributed by atoms with Gasteiger partial charge in [-0.05, 0) is 44.7 Å². The SMILES string of the molecule is [2H]C([2H])([2H])OC1(C(=O)N2CCN(c3cc(S(=O)(=O)N(COCC[Si](C)(C)C)C4(C)CC4)cn4c(-c5nnc(C(F)(F)F)s5)ncc34)CC2)CC1. The fraction of sp³-hybridized carbons (Fsp3) is 0.655. The molecule has 0 N–H and O–H groups in total. The van der Waals surface area contributed by atoms with E-state index in [9.17, 15) is 26.4 Å². The minimum atomic E-state index is -4.72. The van der Waals surface area contributed by atoms with Crippen LogP contribution in [0.5, 0.6) is 0 Å². The number of hydrogen-bond donors (Lipinski definition) is 0. The van der Waals surface area contributed by atoms with E-state index in [1.165, 1.54) is 27.2 Å². The van der Waals surface area contributed by atoms with Gasteiger partial charge in [0.25, 0.3) is 5.91 Å². The Hall–Kier alpha value is -2.64. The molecule has 47 heavy (non-hydrogen) atoms. The summed E-state index contributed by atoms with van der Waals surface area (Å²) in [5.41, 5.74) is -1.17. The summed E-state index contributed by atoms with van der Waals surface area (Å²) in [6.07, 6.45) is -0.0368. The number of aromatic nitrogens is 4. The number of alkyl halides is 3. The van der Waals surface area contributed by atoms with E-state index in [0.29, 0.717) is 54.8 Å². The number of fused-ring (bicyclic) bond motifs is 1. The molecule has 1 aliphatic heterocycles. The second-order valence-corrected chi connectivity index (χ2v) is 22.3. The number of pyridine rings is 1. The van der Waals surface area contributed by atoms with Crippen molar-refractivity contribution in [3.63, 3.8) is 0 Å². The molecule has 3 aromatic rings. The van der Waals surface area contributed by atoms with Gasteiger partial charge in [-0.2, -0.15) is 17.5 Å². The number of methoxy groups -OCH3 is 1. The number of imidazole rings is 1. The van der Waals surface area contributed by atoms with E-state index in [2.05, 4.69) is 34.8 Å². The maximum absolute atomic E-state index is 14.5. The molecule has 1 amide bonds. The third kappa shape index (κ3) is 6.81. The van der Waals surface area contributed by atoms with Crippen molar-refractivity contribution in [2.45, 2.75) is 80.5 Å². The van der Waals surface area contributed by atoms with E-state index < -0.39 is 53.4 Å². The van der Waals surface area contributed by atoms with Gasteiger partial charge in [0.05, 0.1) is 21.5 Å². The Balaban J connectivity index is 1.35. The fourth-order valence-electron chi connectivity index (χ4n) is 5.55. The predicted octanol–water partition coefficient (Wildman–Crippen LogP) is 4.55. The predicted molar refractivity (Wildman–Crippen MR) is 172 cm³/mol. The molecule has 3 fully saturated rings. The molecule has 3 aliphatic rings. The molecule has 0 radical (unpaired) electrons. The lowest BCUT2D eigenvalue weighted by molar-refractivity contribution is -0.145. The van der Waals surface area contributed by atoms with E-state index in [0.717, 1.165) is 6.04 Å². The van der Waals surface area contributed by atoms with Crippen molar-refractivity contribution in [3.05, 3.63) is 23.5 Å². The Morgan fingerprint density at radius 2 is 1.85 bits per heavy atom. The van der Waals surface area contributed by atoms with Crippen molar-refractivity contribution < 1.29 is 40.0 Å². The van der Waals surface area contributed by atoms with Gasteiger partial charge >= 0.3 is 6.18 Å². The van der Waals surface area contributed by atoms with E-state index >= 15 is 0 Å². The molecule has 1 saturated heterocycles. The topological polar surface area (TPSA) is 122 Å². The summed E-state index contributed by atoms with van der Waals surface area (Å²) in [5, 5.41) is 5.72. The first-order valence-electron chi connectivity index (χ1n) is 16.9. The minimum absolute atomic E-state index is 0.00632. The average molecular weight is 719 g/mol. The molecule has 18 heteroatoms. The summed E-state index contributed by atoms with van der Waals surface area (Å²) >= 11 is 0.302. The average Bonchev–Trinajstić information content (AvgIpc) is 3.81. The standard InChI is InChI=1S/C29H40F3N7O5S2Si/c1-27(6-7-27)39(19-44-14-15-47(3,4)5)46(41,42)20-16-21(36-10-12-37(13-11-36)26(40)28(43-2)8-9-28)22-17-33-23(38(22)18-20)24-34-35-25(45-24)29(30,31)32/h16-18H,6-15,19H2,1-5H3/i2D3. The maximum Gasteiger partial charge on any atom is 0.445 e. The van der Waals surface area contributed by atoms with Crippen LogP contribution in [0.1, 0.15) is 41.7 Å². The molecule has 2 aliphatic carbocycles.